The Bertz CT molecular complexity index is 3160. The molecule has 0 N–H and O–H groups in total. The molecule has 0 aliphatic carbocycles. The second kappa shape index (κ2) is 8.87. The third kappa shape index (κ3) is 3.23. The third-order valence-corrected chi connectivity index (χ3v) is 10.0. The van der Waals surface area contributed by atoms with Gasteiger partial charge >= 0.3 is 0 Å². The van der Waals surface area contributed by atoms with Crippen LogP contribution in [0.25, 0.3) is 98.5 Å². The van der Waals surface area contributed by atoms with Gasteiger partial charge in [0.15, 0.2) is 0 Å². The second-order valence-corrected chi connectivity index (χ2v) is 12.5. The summed E-state index contributed by atoms with van der Waals surface area (Å²) in [4.78, 5) is 13.8. The fourth-order valence-electron chi connectivity index (χ4n) is 7.99. The van der Waals surface area contributed by atoms with Gasteiger partial charge in [0.1, 0.15) is 11.2 Å². The minimum atomic E-state index is 0.0277. The third-order valence-electron chi connectivity index (χ3n) is 10.0. The molecule has 0 bridgehead atoms. The topological polar surface area (TPSA) is 39.5 Å². The highest BCUT2D eigenvalue weighted by atomic mass is 16.3. The van der Waals surface area contributed by atoms with E-state index in [9.17, 15) is 4.79 Å². The zero-order chi connectivity index (χ0) is 30.8. The first-order chi connectivity index (χ1) is 23.2. The number of pyridine rings is 1. The molecule has 0 saturated heterocycles. The van der Waals surface area contributed by atoms with Crippen molar-refractivity contribution in [2.75, 3.05) is 0 Å². The lowest BCUT2D eigenvalue weighted by molar-refractivity contribution is 0.669. The maximum Gasteiger partial charge on any atom is 0.263 e. The lowest BCUT2D eigenvalue weighted by Gasteiger charge is -2.12. The zero-order valence-corrected chi connectivity index (χ0v) is 25.1. The van der Waals surface area contributed by atoms with Gasteiger partial charge in [-0.3, -0.25) is 9.20 Å². The Balaban J connectivity index is 1.21. The van der Waals surface area contributed by atoms with Crippen LogP contribution in [-0.2, 0) is 0 Å². The molecule has 0 fully saturated rings. The summed E-state index contributed by atoms with van der Waals surface area (Å²) in [6.45, 7) is 0. The average molecular weight is 601 g/mol. The van der Waals surface area contributed by atoms with Crippen LogP contribution in [-0.4, -0.2) is 8.97 Å². The van der Waals surface area contributed by atoms with Crippen LogP contribution in [0.3, 0.4) is 0 Å². The van der Waals surface area contributed by atoms with Crippen molar-refractivity contribution < 1.29 is 4.42 Å². The standard InChI is InChI=1S/C43H24N2O2/c46-43-32-16-2-1-12-28(32)35-21-26(22-36-30-14-4-7-18-38(30)45(43)42(35)36)25-10-9-11-27(20-25)44-37-17-6-3-13-29(37)33-24-41-34(23-39(33)44)31-15-5-8-19-40(31)47-41/h1-24H. The van der Waals surface area contributed by atoms with Gasteiger partial charge in [-0.25, -0.2) is 0 Å². The lowest BCUT2D eigenvalue weighted by Crippen LogP contribution is -2.12. The number of aromatic nitrogens is 2. The van der Waals surface area contributed by atoms with Crippen LogP contribution in [0.2, 0.25) is 0 Å². The zero-order valence-electron chi connectivity index (χ0n) is 25.1. The van der Waals surface area contributed by atoms with Crippen molar-refractivity contribution in [1.29, 1.82) is 0 Å². The predicted octanol–water partition coefficient (Wildman–Crippen LogP) is 10.9. The van der Waals surface area contributed by atoms with Crippen molar-refractivity contribution in [3.63, 3.8) is 0 Å². The fourth-order valence-corrected chi connectivity index (χ4v) is 7.99. The maximum atomic E-state index is 13.8. The molecule has 4 aromatic heterocycles. The molecule has 4 nitrogen and oxygen atoms in total. The Hall–Kier alpha value is -6.39. The molecule has 4 heterocycles. The van der Waals surface area contributed by atoms with E-state index in [1.807, 2.05) is 46.9 Å². The molecule has 0 aliphatic heterocycles. The van der Waals surface area contributed by atoms with Gasteiger partial charge in [-0.15, -0.1) is 0 Å². The normalized spacial score (nSPS) is 12.3. The predicted molar refractivity (Wildman–Crippen MR) is 194 cm³/mol. The highest BCUT2D eigenvalue weighted by Crippen LogP contribution is 2.41. The van der Waals surface area contributed by atoms with Crippen LogP contribution in [0.4, 0.5) is 0 Å². The smallest absolute Gasteiger partial charge is 0.263 e. The first-order valence-corrected chi connectivity index (χ1v) is 15.9. The first kappa shape index (κ1) is 24.9. The first-order valence-electron chi connectivity index (χ1n) is 15.9. The number of furan rings is 1. The molecular formula is C43H24N2O2. The molecule has 218 valence electrons. The summed E-state index contributed by atoms with van der Waals surface area (Å²) in [7, 11) is 0. The molecule has 0 aliphatic rings. The van der Waals surface area contributed by atoms with Crippen molar-refractivity contribution in [3.05, 3.63) is 156 Å². The maximum absolute atomic E-state index is 13.8. The number of para-hydroxylation sites is 3. The van der Waals surface area contributed by atoms with Crippen LogP contribution in [0.1, 0.15) is 0 Å². The molecule has 11 rings (SSSR count). The number of rotatable bonds is 2. The number of nitrogens with zero attached hydrogens (tertiary/aromatic N) is 2. The Labute approximate surface area is 267 Å². The monoisotopic (exact) mass is 600 g/mol. The summed E-state index contributed by atoms with van der Waals surface area (Å²) in [5.41, 5.74) is 9.37. The quantitative estimate of drug-likeness (QED) is 0.185. The van der Waals surface area contributed by atoms with Crippen LogP contribution in [0.5, 0.6) is 0 Å². The molecule has 0 atom stereocenters. The average Bonchev–Trinajstić information content (AvgIpc) is 3.77. The van der Waals surface area contributed by atoms with Gasteiger partial charge in [-0.05, 0) is 77.2 Å². The summed E-state index contributed by atoms with van der Waals surface area (Å²) in [5, 5.41) is 9.56. The molecule has 7 aromatic carbocycles. The van der Waals surface area contributed by atoms with Crippen LogP contribution >= 0.6 is 0 Å². The summed E-state index contributed by atoms with van der Waals surface area (Å²) in [6.07, 6.45) is 0. The van der Waals surface area contributed by atoms with Gasteiger partial charge in [0.2, 0.25) is 0 Å². The molecule has 4 heteroatoms. The van der Waals surface area contributed by atoms with E-state index < -0.39 is 0 Å². The van der Waals surface area contributed by atoms with Crippen LogP contribution in [0, 0.1) is 0 Å². The van der Waals surface area contributed by atoms with E-state index >= 15 is 0 Å². The summed E-state index contributed by atoms with van der Waals surface area (Å²) >= 11 is 0. The van der Waals surface area contributed by atoms with Gasteiger partial charge in [0.05, 0.1) is 22.1 Å². The van der Waals surface area contributed by atoms with Gasteiger partial charge in [0, 0.05) is 48.8 Å². The number of hydrogen-bond donors (Lipinski definition) is 0. The summed E-state index contributed by atoms with van der Waals surface area (Å²) in [6, 6.07) is 50.9. The van der Waals surface area contributed by atoms with E-state index in [0.29, 0.717) is 0 Å². The van der Waals surface area contributed by atoms with Crippen LogP contribution in [0.15, 0.2) is 155 Å². The van der Waals surface area contributed by atoms with Crippen LogP contribution < -0.4 is 5.56 Å². The Morgan fingerprint density at radius 2 is 1.06 bits per heavy atom. The Morgan fingerprint density at radius 1 is 0.404 bits per heavy atom. The van der Waals surface area contributed by atoms with E-state index in [-0.39, 0.29) is 5.56 Å². The molecular weight excluding hydrogens is 576 g/mol. The molecule has 0 saturated carbocycles. The van der Waals surface area contributed by atoms with E-state index in [1.165, 1.54) is 5.39 Å². The molecule has 47 heavy (non-hydrogen) atoms. The van der Waals surface area contributed by atoms with Gasteiger partial charge in [-0.2, -0.15) is 0 Å². The van der Waals surface area contributed by atoms with Gasteiger partial charge in [-0.1, -0.05) is 84.9 Å². The van der Waals surface area contributed by atoms with Crippen molar-refractivity contribution in [2.24, 2.45) is 0 Å². The Morgan fingerprint density at radius 3 is 1.89 bits per heavy atom. The fraction of sp³-hybridized carbons (Fsp3) is 0. The highest BCUT2D eigenvalue weighted by molar-refractivity contribution is 6.22. The van der Waals surface area contributed by atoms with Crippen molar-refractivity contribution in [3.8, 4) is 16.8 Å². The molecule has 0 spiro atoms. The number of hydrogen-bond acceptors (Lipinski definition) is 2. The van der Waals surface area contributed by atoms with E-state index in [4.69, 9.17) is 4.42 Å². The van der Waals surface area contributed by atoms with Gasteiger partial charge < -0.3 is 8.98 Å². The minimum absolute atomic E-state index is 0.0277. The van der Waals surface area contributed by atoms with Gasteiger partial charge in [0.25, 0.3) is 5.56 Å². The van der Waals surface area contributed by atoms with Crippen molar-refractivity contribution in [2.45, 2.75) is 0 Å². The number of benzene rings is 7. The second-order valence-electron chi connectivity index (χ2n) is 12.5. The number of fused-ring (bicyclic) bond motifs is 11. The minimum Gasteiger partial charge on any atom is -0.456 e. The molecule has 11 aromatic rings. The van der Waals surface area contributed by atoms with Crippen molar-refractivity contribution in [1.82, 2.24) is 8.97 Å². The van der Waals surface area contributed by atoms with Crippen molar-refractivity contribution >= 4 is 81.7 Å². The summed E-state index contributed by atoms with van der Waals surface area (Å²) in [5.74, 6) is 0. The summed E-state index contributed by atoms with van der Waals surface area (Å²) < 4.78 is 10.6. The van der Waals surface area contributed by atoms with E-state index in [2.05, 4.69) is 108 Å². The molecule has 0 unspecified atom stereocenters. The Kier molecular flexibility index (Phi) is 4.69. The largest absolute Gasteiger partial charge is 0.456 e. The van der Waals surface area contributed by atoms with E-state index in [1.54, 1.807) is 0 Å². The molecule has 0 amide bonds. The molecule has 0 radical (unpaired) electrons. The van der Waals surface area contributed by atoms with E-state index in [0.717, 1.165) is 93.1 Å². The lowest BCUT2D eigenvalue weighted by atomic mass is 9.97. The SMILES string of the molecule is O=c1c2ccccc2c2cc(-c3cccc(-n4c5ccccc5c5cc6oc7ccccc7c6cc54)c3)cc3c4ccccc4n1c23. The highest BCUT2D eigenvalue weighted by Gasteiger charge is 2.20.